The van der Waals surface area contributed by atoms with Gasteiger partial charge < -0.3 is 35.0 Å². The second-order valence-electron chi connectivity index (χ2n) is 10.6. The molecule has 0 saturated carbocycles. The first-order valence-electron chi connectivity index (χ1n) is 13.3. The average Bonchev–Trinajstić information content (AvgIpc) is 2.91. The minimum atomic E-state index is 0. The third kappa shape index (κ3) is 6.78. The van der Waals surface area contributed by atoms with E-state index in [4.69, 9.17) is 9.97 Å². The standard InChI is InChI=1S/C34H32N4O2.2ClH/c1-19-7-25-15-35-29-11-21(3)23(5)13-31(29)37-17-27-9-20(2)10-28(34(27)40)18-38-32-14-24(6)22(4)12-30(32)36-16-26(8-19)33(25)39;;/h7-18,39-40H,1-6H3;2*1H. The quantitative estimate of drug-likeness (QED) is 0.275. The number of fused-ring (bicyclic) bond motifs is 6. The number of rotatable bonds is 0. The highest BCUT2D eigenvalue weighted by Crippen LogP contribution is 2.26. The molecule has 0 fully saturated rings. The molecule has 0 atom stereocenters. The van der Waals surface area contributed by atoms with Crippen LogP contribution in [0.5, 0.6) is 11.5 Å². The fraction of sp³-hybridized carbons (Fsp3) is 0.176. The molecule has 6 nitrogen and oxygen atoms in total. The van der Waals surface area contributed by atoms with E-state index in [-0.39, 0.29) is 36.3 Å². The van der Waals surface area contributed by atoms with Gasteiger partial charge in [-0.05, 0) is 111 Å². The molecule has 8 heteroatoms. The number of benzene rings is 4. The van der Waals surface area contributed by atoms with Crippen LogP contribution in [0.1, 0.15) is 33.4 Å². The Kier molecular flexibility index (Phi) is 10.1. The molecular formula is C34H34Cl2N4O2. The molecule has 0 aliphatic heterocycles. The summed E-state index contributed by atoms with van der Waals surface area (Å²) in [5, 5.41) is 24.8. The Morgan fingerprint density at radius 1 is 0.476 bits per heavy atom. The summed E-state index contributed by atoms with van der Waals surface area (Å²) in [5.41, 5.74) is 9.45. The number of hydrogen-bond donors (Lipinski definition) is 2. The summed E-state index contributed by atoms with van der Waals surface area (Å²) in [5.74, 6) is 0.272. The van der Waals surface area contributed by atoms with Gasteiger partial charge in [-0.3, -0.25) is 0 Å². The predicted molar refractivity (Wildman–Crippen MR) is 161 cm³/mol. The van der Waals surface area contributed by atoms with Crippen molar-refractivity contribution in [2.24, 2.45) is 0 Å². The van der Waals surface area contributed by atoms with Crippen LogP contribution >= 0.6 is 0 Å². The molecule has 1 aromatic heterocycles. The average molecular weight is 602 g/mol. The first-order valence-corrected chi connectivity index (χ1v) is 13.3. The molecule has 1 heterocycles. The van der Waals surface area contributed by atoms with Crippen LogP contribution in [0.4, 0.5) is 0 Å². The number of aromatic nitrogens is 4. The maximum atomic E-state index is 11.2. The van der Waals surface area contributed by atoms with E-state index in [1.807, 2.05) is 76.2 Å². The van der Waals surface area contributed by atoms with Crippen molar-refractivity contribution in [1.29, 1.82) is 0 Å². The van der Waals surface area contributed by atoms with Crippen LogP contribution in [-0.2, 0) is 0 Å². The number of hydrogen-bond acceptors (Lipinski definition) is 4. The van der Waals surface area contributed by atoms with E-state index in [0.717, 1.165) is 55.4 Å². The van der Waals surface area contributed by atoms with Crippen molar-refractivity contribution in [2.45, 2.75) is 41.5 Å². The van der Waals surface area contributed by atoms with Crippen molar-refractivity contribution in [3.05, 3.63) is 107 Å². The molecule has 42 heavy (non-hydrogen) atoms. The predicted octanol–water partition coefficient (Wildman–Crippen LogP) is 0.798. The van der Waals surface area contributed by atoms with Gasteiger partial charge in [-0.1, -0.05) is 0 Å². The van der Waals surface area contributed by atoms with Crippen molar-refractivity contribution in [2.75, 3.05) is 0 Å². The third-order valence-electron chi connectivity index (χ3n) is 7.30. The van der Waals surface area contributed by atoms with Crippen LogP contribution < -0.4 is 34.8 Å². The number of phenols is 2. The Bertz CT molecular complexity index is 1730. The second-order valence-corrected chi connectivity index (χ2v) is 10.6. The minimum absolute atomic E-state index is 0. The number of aromatic amines is 2. The Hall–Kier alpha value is -4.26. The van der Waals surface area contributed by atoms with Crippen LogP contribution in [0.2, 0.25) is 0 Å². The van der Waals surface area contributed by atoms with Crippen molar-refractivity contribution >= 4 is 43.6 Å². The SMILES string of the molecule is Cc1cc2cnc3cc(C)c(C)cc3[nH+]cc3cc(C)cc(c[nH+]c4cc(C)c(C)cc4ncc(c1)c2O)c3O.[Cl-].[Cl-]. The van der Waals surface area contributed by atoms with Gasteiger partial charge >= 0.3 is 0 Å². The molecule has 0 saturated heterocycles. The highest BCUT2D eigenvalue weighted by atomic mass is 35.5. The number of nitrogens with zero attached hydrogens (tertiary/aromatic N) is 2. The number of nitrogens with one attached hydrogen (secondary N) is 2. The van der Waals surface area contributed by atoms with E-state index >= 15 is 0 Å². The van der Waals surface area contributed by atoms with Gasteiger partial charge in [0.15, 0.2) is 12.4 Å². The van der Waals surface area contributed by atoms with Gasteiger partial charge in [0.1, 0.15) is 22.5 Å². The fourth-order valence-corrected chi connectivity index (χ4v) is 4.72. The molecule has 0 radical (unpaired) electrons. The monoisotopic (exact) mass is 600 g/mol. The lowest BCUT2D eigenvalue weighted by molar-refractivity contribution is -0.342. The molecule has 4 N–H and O–H groups in total. The van der Waals surface area contributed by atoms with Gasteiger partial charge in [-0.2, -0.15) is 0 Å². The summed E-state index contributed by atoms with van der Waals surface area (Å²) in [7, 11) is 0. The van der Waals surface area contributed by atoms with Crippen LogP contribution in [0.15, 0.2) is 73.3 Å². The zero-order valence-electron chi connectivity index (χ0n) is 24.5. The van der Waals surface area contributed by atoms with E-state index in [0.29, 0.717) is 21.5 Å². The zero-order valence-corrected chi connectivity index (χ0v) is 26.0. The van der Waals surface area contributed by atoms with Crippen molar-refractivity contribution in [3.8, 4) is 11.5 Å². The number of aryl methyl sites for hydroxylation is 6. The first-order chi connectivity index (χ1) is 19.1. The van der Waals surface area contributed by atoms with Gasteiger partial charge in [0.25, 0.3) is 0 Å². The maximum Gasteiger partial charge on any atom is 0.229 e. The molecule has 4 bridgehead atoms. The molecule has 0 aliphatic rings. The Morgan fingerprint density at radius 2 is 0.810 bits per heavy atom. The molecule has 0 spiro atoms. The zero-order chi connectivity index (χ0) is 28.6. The van der Waals surface area contributed by atoms with Crippen molar-refractivity contribution in [1.82, 2.24) is 9.97 Å². The lowest BCUT2D eigenvalue weighted by atomic mass is 10.1. The van der Waals surface area contributed by atoms with Gasteiger partial charge in [0.2, 0.25) is 11.0 Å². The largest absolute Gasteiger partial charge is 1.00 e. The van der Waals surface area contributed by atoms with Gasteiger partial charge in [-0.25, -0.2) is 19.9 Å². The highest BCUT2D eigenvalue weighted by Gasteiger charge is 2.07. The molecular weight excluding hydrogens is 567 g/mol. The molecule has 4 aromatic carbocycles. The van der Waals surface area contributed by atoms with Crippen LogP contribution in [-0.4, -0.2) is 20.2 Å². The van der Waals surface area contributed by atoms with E-state index in [9.17, 15) is 10.2 Å². The van der Waals surface area contributed by atoms with Gasteiger partial charge in [0.05, 0.1) is 10.8 Å². The van der Waals surface area contributed by atoms with E-state index in [2.05, 4.69) is 23.8 Å². The highest BCUT2D eigenvalue weighted by molar-refractivity contribution is 5.82. The summed E-state index contributed by atoms with van der Waals surface area (Å²) >= 11 is 0. The summed E-state index contributed by atoms with van der Waals surface area (Å²) in [6.45, 7) is 12.2. The van der Waals surface area contributed by atoms with Gasteiger partial charge in [-0.15, -0.1) is 0 Å². The number of H-pyrrole nitrogens is 2. The van der Waals surface area contributed by atoms with Crippen LogP contribution in [0.3, 0.4) is 0 Å². The maximum absolute atomic E-state index is 11.2. The minimum Gasteiger partial charge on any atom is -1.00 e. The number of aromatic hydroxyl groups is 2. The summed E-state index contributed by atoms with van der Waals surface area (Å²) < 4.78 is 0. The normalized spacial score (nSPS) is 10.4. The lowest BCUT2D eigenvalue weighted by Gasteiger charge is -2.01. The van der Waals surface area contributed by atoms with Crippen LogP contribution in [0.25, 0.3) is 43.6 Å². The molecule has 216 valence electrons. The fourth-order valence-electron chi connectivity index (χ4n) is 4.72. The molecule has 0 aliphatic carbocycles. The van der Waals surface area contributed by atoms with E-state index in [1.54, 1.807) is 24.8 Å². The first kappa shape index (κ1) is 32.3. The van der Waals surface area contributed by atoms with E-state index in [1.165, 1.54) is 0 Å². The lowest BCUT2D eigenvalue weighted by Crippen LogP contribution is -3.00. The summed E-state index contributed by atoms with van der Waals surface area (Å²) in [6, 6.07) is 15.8. The molecule has 0 unspecified atom stereocenters. The van der Waals surface area contributed by atoms with E-state index < -0.39 is 0 Å². The number of phenolic OH excluding ortho intramolecular Hbond substituents is 2. The Labute approximate surface area is 257 Å². The molecule has 5 aromatic rings. The van der Waals surface area contributed by atoms with Crippen molar-refractivity contribution < 1.29 is 45.0 Å². The topological polar surface area (TPSA) is 94.5 Å². The Balaban J connectivity index is 0.00000242. The van der Waals surface area contributed by atoms with Crippen LogP contribution in [0, 0.1) is 41.5 Å². The smallest absolute Gasteiger partial charge is 0.229 e. The Morgan fingerprint density at radius 3 is 1.21 bits per heavy atom. The molecule has 0 amide bonds. The number of halogens is 2. The second kappa shape index (κ2) is 13.1. The van der Waals surface area contributed by atoms with Crippen molar-refractivity contribution in [3.63, 3.8) is 0 Å². The van der Waals surface area contributed by atoms with Gasteiger partial charge in [0, 0.05) is 35.3 Å². The molecule has 5 rings (SSSR count). The summed E-state index contributed by atoms with van der Waals surface area (Å²) in [4.78, 5) is 16.2. The third-order valence-corrected chi connectivity index (χ3v) is 7.30. The summed E-state index contributed by atoms with van der Waals surface area (Å²) in [6.07, 6.45) is 6.94.